The molecule has 0 N–H and O–H groups in total. The molecule has 2 bridgehead atoms. The lowest BCUT2D eigenvalue weighted by molar-refractivity contribution is 0.239. The molecule has 2 aliphatic heterocycles. The lowest BCUT2D eigenvalue weighted by Crippen LogP contribution is -2.32. The first-order valence-corrected chi connectivity index (χ1v) is 5.90. The number of rotatable bonds is 0. The van der Waals surface area contributed by atoms with E-state index in [0.717, 1.165) is 0 Å². The Morgan fingerprint density at radius 1 is 0.385 bits per heavy atom. The summed E-state index contributed by atoms with van der Waals surface area (Å²) in [6, 6.07) is 0. The maximum absolute atomic E-state index is 2.66. The van der Waals surface area contributed by atoms with Crippen molar-refractivity contribution in [1.29, 1.82) is 0 Å². The van der Waals surface area contributed by atoms with E-state index in [4.69, 9.17) is 0 Å². The van der Waals surface area contributed by atoms with E-state index >= 15 is 0 Å². The zero-order chi connectivity index (χ0) is 8.93. The third-order valence-corrected chi connectivity index (χ3v) is 3.38. The summed E-state index contributed by atoms with van der Waals surface area (Å²) < 4.78 is 0. The van der Waals surface area contributed by atoms with Crippen molar-refractivity contribution in [3.05, 3.63) is 0 Å². The summed E-state index contributed by atoms with van der Waals surface area (Å²) >= 11 is 0. The maximum atomic E-state index is 2.66. The molecule has 2 unspecified atom stereocenters. The summed E-state index contributed by atoms with van der Waals surface area (Å²) in [6.07, 6.45) is 7.15. The van der Waals surface area contributed by atoms with Gasteiger partial charge in [-0.15, -0.1) is 0 Å². The minimum atomic E-state index is 1.32. The lowest BCUT2D eigenvalue weighted by atomic mass is 10.1. The molecule has 0 aliphatic carbocycles. The average molecular weight is 182 g/mol. The predicted molar refractivity (Wildman–Crippen MR) is 56.0 cm³/mol. The van der Waals surface area contributed by atoms with Crippen LogP contribution in [0.5, 0.6) is 0 Å². The average Bonchev–Trinajstić information content (AvgIpc) is 2.40. The molecule has 2 rings (SSSR count). The van der Waals surface area contributed by atoms with Crippen molar-refractivity contribution in [3.63, 3.8) is 0 Å². The third-order valence-electron chi connectivity index (χ3n) is 3.38. The van der Waals surface area contributed by atoms with Crippen LogP contribution in [0.25, 0.3) is 0 Å². The highest BCUT2D eigenvalue weighted by Crippen LogP contribution is 2.10. The van der Waals surface area contributed by atoms with Crippen LogP contribution in [0.3, 0.4) is 0 Å². The summed E-state index contributed by atoms with van der Waals surface area (Å²) in [7, 11) is 0. The van der Waals surface area contributed by atoms with Crippen LogP contribution in [0, 0.1) is 0 Å². The van der Waals surface area contributed by atoms with Crippen LogP contribution in [0.4, 0.5) is 0 Å². The second kappa shape index (κ2) is 4.97. The van der Waals surface area contributed by atoms with Gasteiger partial charge in [-0.05, 0) is 45.4 Å². The van der Waals surface area contributed by atoms with Crippen LogP contribution >= 0.6 is 0 Å². The van der Waals surface area contributed by atoms with Crippen LogP contribution < -0.4 is 0 Å². The first-order valence-electron chi connectivity index (χ1n) is 5.90. The fraction of sp³-hybridized carbons (Fsp3) is 1.00. The Labute approximate surface area is 81.9 Å². The smallest absolute Gasteiger partial charge is 0.0109 e. The van der Waals surface area contributed by atoms with E-state index in [1.807, 2.05) is 0 Å². The van der Waals surface area contributed by atoms with Gasteiger partial charge in [0.2, 0.25) is 0 Å². The predicted octanol–water partition coefficient (Wildman–Crippen LogP) is 1.57. The van der Waals surface area contributed by atoms with E-state index in [1.165, 1.54) is 71.4 Å². The number of hydrogen-bond acceptors (Lipinski definition) is 2. The Morgan fingerprint density at radius 2 is 0.846 bits per heavy atom. The number of hydrogen-bond donors (Lipinski definition) is 0. The van der Waals surface area contributed by atoms with Crippen LogP contribution in [0.15, 0.2) is 0 Å². The monoisotopic (exact) mass is 182 g/mol. The van der Waals surface area contributed by atoms with Gasteiger partial charge in [-0.1, -0.05) is 12.8 Å². The van der Waals surface area contributed by atoms with E-state index in [9.17, 15) is 0 Å². The molecule has 0 radical (unpaired) electrons. The molecule has 2 atom stereocenters. The molecule has 2 aliphatic rings. The summed E-state index contributed by atoms with van der Waals surface area (Å²) in [6.45, 7) is 8.04. The van der Waals surface area contributed by atoms with E-state index in [-0.39, 0.29) is 0 Å². The van der Waals surface area contributed by atoms with Crippen molar-refractivity contribution in [2.45, 2.75) is 32.1 Å². The van der Waals surface area contributed by atoms with Gasteiger partial charge in [-0.3, -0.25) is 0 Å². The highest BCUT2D eigenvalue weighted by molar-refractivity contribution is 4.71. The van der Waals surface area contributed by atoms with Crippen molar-refractivity contribution < 1.29 is 0 Å². The molecule has 13 heavy (non-hydrogen) atoms. The van der Waals surface area contributed by atoms with Gasteiger partial charge in [0.25, 0.3) is 0 Å². The molecular formula is C11H22N2. The summed E-state index contributed by atoms with van der Waals surface area (Å²) in [4.78, 5) is 5.32. The first kappa shape index (κ1) is 9.47. The molecule has 0 amide bonds. The van der Waals surface area contributed by atoms with Gasteiger partial charge >= 0.3 is 0 Å². The van der Waals surface area contributed by atoms with Crippen LogP contribution in [-0.2, 0) is 0 Å². The Balaban J connectivity index is 1.90. The second-order valence-electron chi connectivity index (χ2n) is 4.45. The van der Waals surface area contributed by atoms with Gasteiger partial charge in [-0.2, -0.15) is 0 Å². The maximum Gasteiger partial charge on any atom is 0.0109 e. The number of nitrogens with zero attached hydrogens (tertiary/aromatic N) is 2. The molecule has 0 aromatic rings. The highest BCUT2D eigenvalue weighted by Gasteiger charge is 2.14. The van der Waals surface area contributed by atoms with Crippen LogP contribution in [0.1, 0.15) is 32.1 Å². The van der Waals surface area contributed by atoms with Crippen molar-refractivity contribution in [2.75, 3.05) is 39.3 Å². The van der Waals surface area contributed by atoms with E-state index in [1.54, 1.807) is 0 Å². The molecule has 2 fully saturated rings. The van der Waals surface area contributed by atoms with Gasteiger partial charge in [0.05, 0.1) is 0 Å². The molecule has 2 heterocycles. The van der Waals surface area contributed by atoms with Gasteiger partial charge in [-0.25, -0.2) is 0 Å². The van der Waals surface area contributed by atoms with Crippen molar-refractivity contribution in [2.24, 2.45) is 0 Å². The quantitative estimate of drug-likeness (QED) is 0.561. The fourth-order valence-corrected chi connectivity index (χ4v) is 2.50. The SMILES string of the molecule is C1CCCN2CCCN(CC1)CC2. The fourth-order valence-electron chi connectivity index (χ4n) is 2.50. The van der Waals surface area contributed by atoms with Crippen LogP contribution in [-0.4, -0.2) is 49.1 Å². The van der Waals surface area contributed by atoms with Gasteiger partial charge in [0.15, 0.2) is 0 Å². The van der Waals surface area contributed by atoms with Gasteiger partial charge < -0.3 is 9.80 Å². The zero-order valence-electron chi connectivity index (χ0n) is 8.67. The molecule has 0 saturated carbocycles. The second-order valence-corrected chi connectivity index (χ2v) is 4.45. The van der Waals surface area contributed by atoms with E-state index in [2.05, 4.69) is 9.80 Å². The standard InChI is InChI=1S/C11H22N2/c1-2-4-7-13-9-5-8-12(6-3-1)10-11-13/h1-11H2. The molecule has 2 heteroatoms. The number of fused-ring (bicyclic) bond motifs is 3. The molecule has 0 aromatic heterocycles. The topological polar surface area (TPSA) is 6.48 Å². The zero-order valence-corrected chi connectivity index (χ0v) is 8.67. The summed E-state index contributed by atoms with van der Waals surface area (Å²) in [5.74, 6) is 0. The molecule has 0 aromatic carbocycles. The minimum Gasteiger partial charge on any atom is -0.302 e. The van der Waals surface area contributed by atoms with Crippen molar-refractivity contribution >= 4 is 0 Å². The Morgan fingerprint density at radius 3 is 1.38 bits per heavy atom. The third kappa shape index (κ3) is 2.96. The molecule has 2 saturated heterocycles. The molecule has 0 spiro atoms. The highest BCUT2D eigenvalue weighted by atomic mass is 15.2. The van der Waals surface area contributed by atoms with Gasteiger partial charge in [0, 0.05) is 13.1 Å². The molecule has 76 valence electrons. The minimum absolute atomic E-state index is 1.32. The normalized spacial score (nSPS) is 36.9. The summed E-state index contributed by atoms with van der Waals surface area (Å²) in [5, 5.41) is 0. The van der Waals surface area contributed by atoms with Crippen LogP contribution in [0.2, 0.25) is 0 Å². The largest absolute Gasteiger partial charge is 0.302 e. The molecule has 2 nitrogen and oxygen atoms in total. The summed E-state index contributed by atoms with van der Waals surface area (Å²) in [5.41, 5.74) is 0. The van der Waals surface area contributed by atoms with Crippen molar-refractivity contribution in [1.82, 2.24) is 9.80 Å². The van der Waals surface area contributed by atoms with Crippen molar-refractivity contribution in [3.8, 4) is 0 Å². The van der Waals surface area contributed by atoms with E-state index in [0.29, 0.717) is 0 Å². The Bertz CT molecular complexity index is 131. The Kier molecular flexibility index (Phi) is 3.62. The molecular weight excluding hydrogens is 160 g/mol. The van der Waals surface area contributed by atoms with Gasteiger partial charge in [0.1, 0.15) is 0 Å². The van der Waals surface area contributed by atoms with E-state index < -0.39 is 0 Å². The Hall–Kier alpha value is -0.0800. The lowest BCUT2D eigenvalue weighted by Gasteiger charge is -2.23. The first-order chi connectivity index (χ1) is 6.45.